The van der Waals surface area contributed by atoms with Crippen molar-refractivity contribution < 1.29 is 9.59 Å². The van der Waals surface area contributed by atoms with Gasteiger partial charge in [-0.3, -0.25) is 9.59 Å². The predicted molar refractivity (Wildman–Crippen MR) is 102 cm³/mol. The third-order valence-corrected chi connectivity index (χ3v) is 6.12. The molecule has 5 heteroatoms. The molecule has 2 aromatic rings. The molecule has 5 nitrogen and oxygen atoms in total. The first kappa shape index (κ1) is 17.1. The van der Waals surface area contributed by atoms with Gasteiger partial charge in [0.2, 0.25) is 5.91 Å². The number of amides is 2. The lowest BCUT2D eigenvalue weighted by Crippen LogP contribution is -2.55. The number of nitrogens with one attached hydrogen (secondary N) is 3. The fourth-order valence-corrected chi connectivity index (χ4v) is 4.86. The first-order valence-corrected chi connectivity index (χ1v) is 9.81. The molecule has 1 aromatic heterocycles. The molecule has 2 amide bonds. The Balaban J connectivity index is 1.41. The van der Waals surface area contributed by atoms with Crippen LogP contribution in [0.5, 0.6) is 0 Å². The zero-order valence-corrected chi connectivity index (χ0v) is 15.3. The van der Waals surface area contributed by atoms with Crippen LogP contribution in [0.25, 0.3) is 10.9 Å². The lowest BCUT2D eigenvalue weighted by atomic mass is 9.70. The van der Waals surface area contributed by atoms with E-state index in [4.69, 9.17) is 0 Å². The molecule has 4 unspecified atom stereocenters. The molecule has 3 N–H and O–H groups in total. The van der Waals surface area contributed by atoms with Crippen molar-refractivity contribution in [1.82, 2.24) is 15.6 Å². The number of hydrogen-bond acceptors (Lipinski definition) is 2. The number of piperidine rings is 1. The van der Waals surface area contributed by atoms with Crippen molar-refractivity contribution in [3.63, 3.8) is 0 Å². The SMILES string of the molecule is CCCC1CC(=O)NC2CC(NC(=O)c3ccc4cc[nH]c4c3)CCC12. The average Bonchev–Trinajstić information content (AvgIpc) is 3.09. The molecular formula is C21H27N3O2. The summed E-state index contributed by atoms with van der Waals surface area (Å²) in [6.07, 6.45) is 7.72. The number of carbonyl (C=O) groups is 2. The summed E-state index contributed by atoms with van der Waals surface area (Å²) < 4.78 is 0. The number of carbonyl (C=O) groups excluding carboxylic acids is 2. The molecule has 2 fully saturated rings. The van der Waals surface area contributed by atoms with Crippen molar-refractivity contribution in [2.45, 2.75) is 57.5 Å². The van der Waals surface area contributed by atoms with Crippen LogP contribution in [0.2, 0.25) is 0 Å². The van der Waals surface area contributed by atoms with Crippen LogP contribution < -0.4 is 10.6 Å². The van der Waals surface area contributed by atoms with E-state index in [1.807, 2.05) is 30.5 Å². The van der Waals surface area contributed by atoms with E-state index in [9.17, 15) is 9.59 Å². The number of rotatable bonds is 4. The topological polar surface area (TPSA) is 74.0 Å². The van der Waals surface area contributed by atoms with Gasteiger partial charge in [0.05, 0.1) is 0 Å². The molecule has 0 bridgehead atoms. The smallest absolute Gasteiger partial charge is 0.251 e. The van der Waals surface area contributed by atoms with Gasteiger partial charge in [0.25, 0.3) is 5.91 Å². The van der Waals surface area contributed by atoms with E-state index in [0.717, 1.165) is 43.0 Å². The van der Waals surface area contributed by atoms with E-state index in [1.165, 1.54) is 0 Å². The van der Waals surface area contributed by atoms with Crippen LogP contribution in [-0.2, 0) is 4.79 Å². The normalized spacial score (nSPS) is 28.4. The first-order chi connectivity index (χ1) is 12.6. The van der Waals surface area contributed by atoms with Crippen LogP contribution in [0, 0.1) is 11.8 Å². The van der Waals surface area contributed by atoms with Gasteiger partial charge in [-0.2, -0.15) is 0 Å². The Labute approximate surface area is 153 Å². The van der Waals surface area contributed by atoms with Gasteiger partial charge in [-0.1, -0.05) is 19.4 Å². The van der Waals surface area contributed by atoms with Crippen LogP contribution in [0.15, 0.2) is 30.5 Å². The van der Waals surface area contributed by atoms with E-state index in [0.29, 0.717) is 23.8 Å². The molecule has 1 aromatic carbocycles. The van der Waals surface area contributed by atoms with Crippen molar-refractivity contribution in [2.75, 3.05) is 0 Å². The van der Waals surface area contributed by atoms with Gasteiger partial charge in [0.15, 0.2) is 0 Å². The van der Waals surface area contributed by atoms with Crippen molar-refractivity contribution in [3.8, 4) is 0 Å². The summed E-state index contributed by atoms with van der Waals surface area (Å²) in [6.45, 7) is 2.19. The summed E-state index contributed by atoms with van der Waals surface area (Å²) in [4.78, 5) is 27.9. The Morgan fingerprint density at radius 3 is 3.00 bits per heavy atom. The third kappa shape index (κ3) is 3.35. The second kappa shape index (κ2) is 7.14. The largest absolute Gasteiger partial charge is 0.361 e. The zero-order valence-electron chi connectivity index (χ0n) is 15.3. The maximum Gasteiger partial charge on any atom is 0.251 e. The summed E-state index contributed by atoms with van der Waals surface area (Å²) >= 11 is 0. The highest BCUT2D eigenvalue weighted by Crippen LogP contribution is 2.37. The highest BCUT2D eigenvalue weighted by atomic mass is 16.2. The Bertz CT molecular complexity index is 812. The molecular weight excluding hydrogens is 326 g/mol. The summed E-state index contributed by atoms with van der Waals surface area (Å²) in [6, 6.07) is 8.07. The molecule has 138 valence electrons. The second-order valence-corrected chi connectivity index (χ2v) is 7.85. The standard InChI is InChI=1S/C21H27N3O2/c1-2-3-14-11-20(25)24-19-12-16(6-7-17(14)19)23-21(26)15-5-4-13-8-9-22-18(13)10-15/h4-5,8-10,14,16-17,19,22H,2-3,6-7,11-12H2,1H3,(H,23,26)(H,24,25). The van der Waals surface area contributed by atoms with Gasteiger partial charge in [0, 0.05) is 35.8 Å². The second-order valence-electron chi connectivity index (χ2n) is 7.85. The van der Waals surface area contributed by atoms with Crippen LogP contribution >= 0.6 is 0 Å². The number of benzene rings is 1. The lowest BCUT2D eigenvalue weighted by Gasteiger charge is -2.44. The van der Waals surface area contributed by atoms with Gasteiger partial charge in [-0.25, -0.2) is 0 Å². The van der Waals surface area contributed by atoms with E-state index in [-0.39, 0.29) is 23.9 Å². The molecule has 0 radical (unpaired) electrons. The number of fused-ring (bicyclic) bond motifs is 2. The molecule has 4 atom stereocenters. The number of aromatic amines is 1. The van der Waals surface area contributed by atoms with Gasteiger partial charge in [-0.15, -0.1) is 0 Å². The first-order valence-electron chi connectivity index (χ1n) is 9.81. The molecule has 1 aliphatic carbocycles. The Morgan fingerprint density at radius 2 is 2.15 bits per heavy atom. The van der Waals surface area contributed by atoms with E-state index >= 15 is 0 Å². The molecule has 4 rings (SSSR count). The minimum absolute atomic E-state index is 0.0304. The molecule has 0 spiro atoms. The van der Waals surface area contributed by atoms with Gasteiger partial charge >= 0.3 is 0 Å². The summed E-state index contributed by atoms with van der Waals surface area (Å²) in [7, 11) is 0. The summed E-state index contributed by atoms with van der Waals surface area (Å²) in [5, 5.41) is 7.46. The van der Waals surface area contributed by atoms with E-state index in [2.05, 4.69) is 22.5 Å². The van der Waals surface area contributed by atoms with Crippen LogP contribution in [0.3, 0.4) is 0 Å². The van der Waals surface area contributed by atoms with Crippen molar-refractivity contribution >= 4 is 22.7 Å². The highest BCUT2D eigenvalue weighted by Gasteiger charge is 2.40. The van der Waals surface area contributed by atoms with Crippen LogP contribution in [-0.4, -0.2) is 28.9 Å². The molecule has 1 saturated carbocycles. The molecule has 2 heterocycles. The summed E-state index contributed by atoms with van der Waals surface area (Å²) in [5.41, 5.74) is 1.65. The number of hydrogen-bond donors (Lipinski definition) is 3. The van der Waals surface area contributed by atoms with Crippen molar-refractivity contribution in [2.24, 2.45) is 11.8 Å². The predicted octanol–water partition coefficient (Wildman–Crippen LogP) is 3.37. The van der Waals surface area contributed by atoms with Gasteiger partial charge in [-0.05, 0) is 61.1 Å². The number of aromatic nitrogens is 1. The third-order valence-electron chi connectivity index (χ3n) is 6.12. The Hall–Kier alpha value is -2.30. The number of H-pyrrole nitrogens is 1. The minimum Gasteiger partial charge on any atom is -0.361 e. The Morgan fingerprint density at radius 1 is 1.27 bits per heavy atom. The molecule has 2 aliphatic rings. The molecule has 1 saturated heterocycles. The fourth-order valence-electron chi connectivity index (χ4n) is 4.86. The Kier molecular flexibility index (Phi) is 4.70. The van der Waals surface area contributed by atoms with Crippen LogP contribution in [0.1, 0.15) is 55.8 Å². The van der Waals surface area contributed by atoms with Crippen molar-refractivity contribution in [1.29, 1.82) is 0 Å². The maximum atomic E-state index is 12.7. The maximum absolute atomic E-state index is 12.7. The monoisotopic (exact) mass is 353 g/mol. The molecule has 1 aliphatic heterocycles. The highest BCUT2D eigenvalue weighted by molar-refractivity contribution is 5.98. The quantitative estimate of drug-likeness (QED) is 0.788. The molecule has 26 heavy (non-hydrogen) atoms. The average molecular weight is 353 g/mol. The lowest BCUT2D eigenvalue weighted by molar-refractivity contribution is -0.127. The summed E-state index contributed by atoms with van der Waals surface area (Å²) in [5.74, 6) is 1.22. The van der Waals surface area contributed by atoms with Crippen molar-refractivity contribution in [3.05, 3.63) is 36.0 Å². The fraction of sp³-hybridized carbons (Fsp3) is 0.524. The van der Waals surface area contributed by atoms with Crippen LogP contribution in [0.4, 0.5) is 0 Å². The van der Waals surface area contributed by atoms with E-state index < -0.39 is 0 Å². The minimum atomic E-state index is -0.0304. The van der Waals surface area contributed by atoms with E-state index in [1.54, 1.807) is 0 Å². The van der Waals surface area contributed by atoms with Gasteiger partial charge < -0.3 is 15.6 Å². The van der Waals surface area contributed by atoms with Gasteiger partial charge in [0.1, 0.15) is 0 Å². The zero-order chi connectivity index (χ0) is 18.1.